The molecule has 5 heteroatoms. The molecule has 0 amide bonds. The molecule has 0 aliphatic heterocycles. The fourth-order valence-corrected chi connectivity index (χ4v) is 9.44. The molecule has 3 aromatic heterocycles. The number of thiophene rings is 1. The molecule has 0 atom stereocenters. The van der Waals surface area contributed by atoms with E-state index in [0.29, 0.717) is 17.5 Å². The van der Waals surface area contributed by atoms with Crippen LogP contribution in [0.1, 0.15) is 0 Å². The molecule has 3 heterocycles. The Bertz CT molecular complexity index is 3180. The first-order chi connectivity index (χ1) is 27.8. The van der Waals surface area contributed by atoms with E-state index in [1.807, 2.05) is 47.7 Å². The van der Waals surface area contributed by atoms with Crippen LogP contribution >= 0.6 is 11.3 Å². The summed E-state index contributed by atoms with van der Waals surface area (Å²) in [7, 11) is 0. The van der Waals surface area contributed by atoms with E-state index in [4.69, 9.17) is 15.0 Å². The van der Waals surface area contributed by atoms with Gasteiger partial charge in [-0.25, -0.2) is 15.0 Å². The molecule has 0 aliphatic rings. The Hall–Kier alpha value is -7.21. The van der Waals surface area contributed by atoms with Gasteiger partial charge in [0.15, 0.2) is 17.5 Å². The van der Waals surface area contributed by atoms with Crippen molar-refractivity contribution in [3.8, 4) is 62.1 Å². The standard InChI is InChI=1S/C51H32N4S/c1-4-16-33(17-5-1)36-22-12-23-37(32-36)38-25-13-26-39-40-27-14-31-45(48(40)56-47(38)39)55-43-29-11-10-24-41(43)46-42(28-15-30-44(46)55)51-53-49(34-18-6-2-7-19-34)52-50(54-51)35-20-8-3-9-21-35/h1-32H. The zero-order chi connectivity index (χ0) is 37.0. The number of rotatable bonds is 6. The van der Waals surface area contributed by atoms with Gasteiger partial charge in [0.25, 0.3) is 0 Å². The number of fused-ring (bicyclic) bond motifs is 6. The maximum Gasteiger partial charge on any atom is 0.164 e. The fourth-order valence-electron chi connectivity index (χ4n) is 8.10. The molecule has 262 valence electrons. The van der Waals surface area contributed by atoms with Crippen LogP contribution in [0, 0.1) is 0 Å². The third-order valence-corrected chi connectivity index (χ3v) is 11.9. The molecule has 0 bridgehead atoms. The highest BCUT2D eigenvalue weighted by molar-refractivity contribution is 7.26. The van der Waals surface area contributed by atoms with Crippen LogP contribution in [0.3, 0.4) is 0 Å². The lowest BCUT2D eigenvalue weighted by molar-refractivity contribution is 1.08. The van der Waals surface area contributed by atoms with Crippen LogP contribution in [0.4, 0.5) is 0 Å². The summed E-state index contributed by atoms with van der Waals surface area (Å²) in [6.07, 6.45) is 0. The second-order valence-corrected chi connectivity index (χ2v) is 15.0. The molecule has 0 N–H and O–H groups in total. The molecule has 0 saturated heterocycles. The second-order valence-electron chi connectivity index (χ2n) is 14.0. The van der Waals surface area contributed by atoms with Gasteiger partial charge in [0.1, 0.15) is 0 Å². The lowest BCUT2D eigenvalue weighted by atomic mass is 9.98. The zero-order valence-electron chi connectivity index (χ0n) is 30.2. The summed E-state index contributed by atoms with van der Waals surface area (Å²) >= 11 is 1.87. The van der Waals surface area contributed by atoms with Crippen LogP contribution in [0.25, 0.3) is 104 Å². The summed E-state index contributed by atoms with van der Waals surface area (Å²) in [5, 5.41) is 4.78. The van der Waals surface area contributed by atoms with E-state index in [2.05, 4.69) is 162 Å². The van der Waals surface area contributed by atoms with Gasteiger partial charge in [-0.15, -0.1) is 11.3 Å². The highest BCUT2D eigenvalue weighted by Gasteiger charge is 2.22. The number of hydrogen-bond acceptors (Lipinski definition) is 4. The van der Waals surface area contributed by atoms with Crippen molar-refractivity contribution >= 4 is 53.3 Å². The SMILES string of the molecule is c1ccc(-c2cccc(-c3cccc4c3sc3c(-n5c6ccccc6c6c(-c7nc(-c8ccccc8)nc(-c8ccccc8)n7)cccc65)cccc34)c2)cc1. The van der Waals surface area contributed by atoms with Gasteiger partial charge in [-0.2, -0.15) is 0 Å². The smallest absolute Gasteiger partial charge is 0.164 e. The van der Waals surface area contributed by atoms with Crippen LogP contribution < -0.4 is 0 Å². The van der Waals surface area contributed by atoms with Gasteiger partial charge in [0.05, 0.1) is 21.4 Å². The van der Waals surface area contributed by atoms with Crippen molar-refractivity contribution in [2.24, 2.45) is 0 Å². The Morgan fingerprint density at radius 3 is 1.57 bits per heavy atom. The van der Waals surface area contributed by atoms with E-state index in [1.54, 1.807) is 0 Å². The van der Waals surface area contributed by atoms with Crippen LogP contribution in [0.2, 0.25) is 0 Å². The van der Waals surface area contributed by atoms with Crippen LogP contribution in [0.15, 0.2) is 194 Å². The highest BCUT2D eigenvalue weighted by Crippen LogP contribution is 2.45. The van der Waals surface area contributed by atoms with E-state index in [9.17, 15) is 0 Å². The lowest BCUT2D eigenvalue weighted by Gasteiger charge is -2.11. The van der Waals surface area contributed by atoms with Gasteiger partial charge in [0, 0.05) is 42.9 Å². The first-order valence-corrected chi connectivity index (χ1v) is 19.6. The Morgan fingerprint density at radius 2 is 0.839 bits per heavy atom. The number of para-hydroxylation sites is 1. The predicted molar refractivity (Wildman–Crippen MR) is 234 cm³/mol. The van der Waals surface area contributed by atoms with Crippen LogP contribution in [-0.4, -0.2) is 19.5 Å². The van der Waals surface area contributed by atoms with E-state index >= 15 is 0 Å². The quantitative estimate of drug-likeness (QED) is 0.171. The largest absolute Gasteiger partial charge is 0.308 e. The summed E-state index contributed by atoms with van der Waals surface area (Å²) in [5.74, 6) is 1.94. The van der Waals surface area contributed by atoms with Crippen molar-refractivity contribution in [2.75, 3.05) is 0 Å². The third-order valence-electron chi connectivity index (χ3n) is 10.7. The number of nitrogens with zero attached hydrogens (tertiary/aromatic N) is 4. The molecule has 11 aromatic rings. The van der Waals surface area contributed by atoms with Crippen molar-refractivity contribution in [3.05, 3.63) is 194 Å². The molecule has 0 saturated carbocycles. The monoisotopic (exact) mass is 732 g/mol. The average Bonchev–Trinajstić information content (AvgIpc) is 3.83. The van der Waals surface area contributed by atoms with E-state index < -0.39 is 0 Å². The molecule has 0 radical (unpaired) electrons. The minimum absolute atomic E-state index is 0.647. The summed E-state index contributed by atoms with van der Waals surface area (Å²) in [6, 6.07) is 68.5. The molecule has 0 aliphatic carbocycles. The van der Waals surface area contributed by atoms with Crippen LogP contribution in [0.5, 0.6) is 0 Å². The number of aromatic nitrogens is 4. The Labute approximate surface area is 327 Å². The first-order valence-electron chi connectivity index (χ1n) is 18.8. The first kappa shape index (κ1) is 32.2. The van der Waals surface area contributed by atoms with Crippen molar-refractivity contribution in [2.45, 2.75) is 0 Å². The van der Waals surface area contributed by atoms with E-state index in [0.717, 1.165) is 44.2 Å². The Balaban J connectivity index is 1.13. The van der Waals surface area contributed by atoms with Crippen molar-refractivity contribution in [3.63, 3.8) is 0 Å². The van der Waals surface area contributed by atoms with Gasteiger partial charge in [-0.1, -0.05) is 170 Å². The summed E-state index contributed by atoms with van der Waals surface area (Å²) in [4.78, 5) is 15.3. The normalized spacial score (nSPS) is 11.6. The fraction of sp³-hybridized carbons (Fsp3) is 0. The average molecular weight is 733 g/mol. The molecular formula is C51H32N4S. The molecule has 0 unspecified atom stereocenters. The van der Waals surface area contributed by atoms with Gasteiger partial charge in [-0.05, 0) is 46.5 Å². The maximum atomic E-state index is 5.15. The summed E-state index contributed by atoms with van der Waals surface area (Å²) < 4.78 is 4.97. The van der Waals surface area contributed by atoms with Gasteiger partial charge in [-0.3, -0.25) is 0 Å². The van der Waals surface area contributed by atoms with Crippen LogP contribution in [-0.2, 0) is 0 Å². The Kier molecular flexibility index (Phi) is 7.64. The lowest BCUT2D eigenvalue weighted by Crippen LogP contribution is -2.00. The zero-order valence-corrected chi connectivity index (χ0v) is 31.0. The molecule has 56 heavy (non-hydrogen) atoms. The van der Waals surface area contributed by atoms with Crippen molar-refractivity contribution < 1.29 is 0 Å². The molecule has 4 nitrogen and oxygen atoms in total. The maximum absolute atomic E-state index is 5.15. The van der Waals surface area contributed by atoms with Gasteiger partial charge < -0.3 is 4.57 Å². The van der Waals surface area contributed by atoms with Crippen molar-refractivity contribution in [1.82, 2.24) is 19.5 Å². The molecular weight excluding hydrogens is 701 g/mol. The van der Waals surface area contributed by atoms with Gasteiger partial charge in [0.2, 0.25) is 0 Å². The number of hydrogen-bond donors (Lipinski definition) is 0. The van der Waals surface area contributed by atoms with E-state index in [1.165, 1.54) is 42.4 Å². The molecule has 8 aromatic carbocycles. The second kappa shape index (κ2) is 13.3. The highest BCUT2D eigenvalue weighted by atomic mass is 32.1. The topological polar surface area (TPSA) is 43.6 Å². The predicted octanol–water partition coefficient (Wildman–Crippen LogP) is 13.7. The molecule has 11 rings (SSSR count). The summed E-state index contributed by atoms with van der Waals surface area (Å²) in [5.41, 5.74) is 11.2. The van der Waals surface area contributed by atoms with Gasteiger partial charge >= 0.3 is 0 Å². The molecule has 0 spiro atoms. The minimum Gasteiger partial charge on any atom is -0.308 e. The Morgan fingerprint density at radius 1 is 0.339 bits per heavy atom. The van der Waals surface area contributed by atoms with Crippen molar-refractivity contribution in [1.29, 1.82) is 0 Å². The minimum atomic E-state index is 0.647. The summed E-state index contributed by atoms with van der Waals surface area (Å²) in [6.45, 7) is 0. The molecule has 0 fully saturated rings. The van der Waals surface area contributed by atoms with E-state index in [-0.39, 0.29) is 0 Å². The number of benzene rings is 8. The third kappa shape index (κ3) is 5.32.